The molecule has 0 aromatic carbocycles. The van der Waals surface area contributed by atoms with Crippen LogP contribution in [0.1, 0.15) is 35.7 Å². The van der Waals surface area contributed by atoms with E-state index in [2.05, 4.69) is 32.4 Å². The van der Waals surface area contributed by atoms with E-state index in [9.17, 15) is 4.79 Å². The van der Waals surface area contributed by atoms with E-state index in [0.29, 0.717) is 12.4 Å². The Kier molecular flexibility index (Phi) is 4.30. The highest BCUT2D eigenvalue weighted by Gasteiger charge is 2.17. The third-order valence-electron chi connectivity index (χ3n) is 3.48. The lowest BCUT2D eigenvalue weighted by Crippen LogP contribution is -2.33. The summed E-state index contributed by atoms with van der Waals surface area (Å²) in [6.45, 7) is 4.82. The molecule has 0 saturated carbocycles. The van der Waals surface area contributed by atoms with Gasteiger partial charge in [-0.25, -0.2) is 4.98 Å². The van der Waals surface area contributed by atoms with Crippen LogP contribution >= 0.6 is 0 Å². The van der Waals surface area contributed by atoms with Crippen LogP contribution in [-0.4, -0.2) is 52.7 Å². The molecule has 2 heterocycles. The lowest BCUT2D eigenvalue weighted by molar-refractivity contribution is 0.0939. The molecule has 18 heavy (non-hydrogen) atoms. The number of carbonyl (C=O) groups is 1. The minimum absolute atomic E-state index is 0.188. The van der Waals surface area contributed by atoms with E-state index in [1.54, 1.807) is 6.92 Å². The maximum atomic E-state index is 11.7. The summed E-state index contributed by atoms with van der Waals surface area (Å²) in [6.07, 6.45) is 3.50. The molecule has 6 nitrogen and oxygen atoms in total. The van der Waals surface area contributed by atoms with Crippen molar-refractivity contribution >= 4 is 5.91 Å². The number of piperidine rings is 1. The lowest BCUT2D eigenvalue weighted by atomic mass is 9.94. The van der Waals surface area contributed by atoms with Gasteiger partial charge in [-0.2, -0.15) is 0 Å². The van der Waals surface area contributed by atoms with E-state index >= 15 is 0 Å². The zero-order valence-electron chi connectivity index (χ0n) is 11.1. The Hall–Kier alpha value is -1.43. The summed E-state index contributed by atoms with van der Waals surface area (Å²) in [5.74, 6) is 1.44. The Morgan fingerprint density at radius 3 is 2.83 bits per heavy atom. The number of nitrogens with zero attached hydrogens (tertiary/aromatic N) is 3. The molecule has 1 aliphatic rings. The van der Waals surface area contributed by atoms with Gasteiger partial charge in [-0.15, -0.1) is 5.10 Å². The fourth-order valence-electron chi connectivity index (χ4n) is 2.26. The molecule has 1 aromatic rings. The fraction of sp³-hybridized carbons (Fsp3) is 0.750. The van der Waals surface area contributed by atoms with Gasteiger partial charge < -0.3 is 10.2 Å². The third kappa shape index (κ3) is 3.53. The number of aromatic nitrogens is 3. The molecular weight excluding hydrogens is 230 g/mol. The summed E-state index contributed by atoms with van der Waals surface area (Å²) in [7, 11) is 2.16. The first kappa shape index (κ1) is 13.0. The van der Waals surface area contributed by atoms with Crippen molar-refractivity contribution in [2.24, 2.45) is 5.92 Å². The van der Waals surface area contributed by atoms with Crippen molar-refractivity contribution in [3.63, 3.8) is 0 Å². The molecule has 0 aliphatic carbocycles. The first-order chi connectivity index (χ1) is 8.65. The maximum Gasteiger partial charge on any atom is 0.290 e. The van der Waals surface area contributed by atoms with E-state index in [1.807, 2.05) is 0 Å². The average Bonchev–Trinajstić information content (AvgIpc) is 2.78. The zero-order valence-corrected chi connectivity index (χ0v) is 11.1. The minimum atomic E-state index is -0.188. The van der Waals surface area contributed by atoms with Gasteiger partial charge in [0.1, 0.15) is 5.82 Å². The van der Waals surface area contributed by atoms with Crippen molar-refractivity contribution in [1.29, 1.82) is 0 Å². The van der Waals surface area contributed by atoms with Crippen molar-refractivity contribution in [3.05, 3.63) is 11.6 Å². The number of rotatable bonds is 4. The predicted molar refractivity (Wildman–Crippen MR) is 68.3 cm³/mol. The number of aryl methyl sites for hydroxylation is 1. The number of likely N-dealkylation sites (tertiary alicyclic amines) is 1. The molecule has 1 aliphatic heterocycles. The molecule has 0 radical (unpaired) electrons. The van der Waals surface area contributed by atoms with E-state index in [-0.39, 0.29) is 11.7 Å². The molecule has 0 unspecified atom stereocenters. The Bertz CT molecular complexity index is 395. The standard InChI is InChI=1S/C12H21N5O/c1-9-14-11(16-15-9)12(18)13-6-3-10-4-7-17(2)8-5-10/h10H,3-8H2,1-2H3,(H,13,18)(H,14,15,16). The van der Waals surface area contributed by atoms with Crippen LogP contribution in [0.5, 0.6) is 0 Å². The second-order valence-corrected chi connectivity index (χ2v) is 5.04. The first-order valence-electron chi connectivity index (χ1n) is 6.51. The molecule has 0 bridgehead atoms. The third-order valence-corrected chi connectivity index (χ3v) is 3.48. The number of hydrogen-bond donors (Lipinski definition) is 2. The summed E-state index contributed by atoms with van der Waals surface area (Å²) in [6, 6.07) is 0. The number of hydrogen-bond acceptors (Lipinski definition) is 4. The Morgan fingerprint density at radius 1 is 1.50 bits per heavy atom. The van der Waals surface area contributed by atoms with Crippen LogP contribution in [0.4, 0.5) is 0 Å². The van der Waals surface area contributed by atoms with Gasteiger partial charge in [0.2, 0.25) is 5.82 Å². The van der Waals surface area contributed by atoms with Crippen LogP contribution in [0.2, 0.25) is 0 Å². The molecule has 6 heteroatoms. The zero-order chi connectivity index (χ0) is 13.0. The van der Waals surface area contributed by atoms with E-state index < -0.39 is 0 Å². The summed E-state index contributed by atoms with van der Waals surface area (Å²) in [5, 5.41) is 9.38. The second kappa shape index (κ2) is 5.95. The van der Waals surface area contributed by atoms with Crippen LogP contribution in [0, 0.1) is 12.8 Å². The van der Waals surface area contributed by atoms with Gasteiger partial charge >= 0.3 is 0 Å². The minimum Gasteiger partial charge on any atom is -0.349 e. The fourth-order valence-corrected chi connectivity index (χ4v) is 2.26. The first-order valence-corrected chi connectivity index (χ1v) is 6.51. The number of aromatic amines is 1. The van der Waals surface area contributed by atoms with Crippen molar-refractivity contribution < 1.29 is 4.79 Å². The van der Waals surface area contributed by atoms with Crippen molar-refractivity contribution in [2.75, 3.05) is 26.7 Å². The summed E-state index contributed by atoms with van der Waals surface area (Å²) >= 11 is 0. The van der Waals surface area contributed by atoms with E-state index in [4.69, 9.17) is 0 Å². The van der Waals surface area contributed by atoms with Crippen molar-refractivity contribution in [1.82, 2.24) is 25.4 Å². The maximum absolute atomic E-state index is 11.7. The molecule has 1 fully saturated rings. The SMILES string of the molecule is Cc1nc(C(=O)NCCC2CCN(C)CC2)n[nH]1. The molecular formula is C12H21N5O. The average molecular weight is 251 g/mol. The number of nitrogens with one attached hydrogen (secondary N) is 2. The van der Waals surface area contributed by atoms with Crippen LogP contribution in [0.3, 0.4) is 0 Å². The van der Waals surface area contributed by atoms with Crippen LogP contribution in [-0.2, 0) is 0 Å². The number of H-pyrrole nitrogens is 1. The van der Waals surface area contributed by atoms with E-state index in [0.717, 1.165) is 12.3 Å². The van der Waals surface area contributed by atoms with Crippen LogP contribution < -0.4 is 5.32 Å². The summed E-state index contributed by atoms with van der Waals surface area (Å²) in [4.78, 5) is 18.0. The van der Waals surface area contributed by atoms with Gasteiger partial charge in [0, 0.05) is 6.54 Å². The van der Waals surface area contributed by atoms with Crippen molar-refractivity contribution in [3.8, 4) is 0 Å². The largest absolute Gasteiger partial charge is 0.349 e. The summed E-state index contributed by atoms with van der Waals surface area (Å²) in [5.41, 5.74) is 0. The molecule has 100 valence electrons. The Balaban J connectivity index is 1.67. The molecule has 1 aromatic heterocycles. The number of amides is 1. The van der Waals surface area contributed by atoms with Gasteiger partial charge in [0.25, 0.3) is 5.91 Å². The van der Waals surface area contributed by atoms with Crippen molar-refractivity contribution in [2.45, 2.75) is 26.2 Å². The summed E-state index contributed by atoms with van der Waals surface area (Å²) < 4.78 is 0. The lowest BCUT2D eigenvalue weighted by Gasteiger charge is -2.28. The van der Waals surface area contributed by atoms with Gasteiger partial charge in [-0.3, -0.25) is 9.89 Å². The topological polar surface area (TPSA) is 73.9 Å². The van der Waals surface area contributed by atoms with Gasteiger partial charge in [0.05, 0.1) is 0 Å². The van der Waals surface area contributed by atoms with E-state index in [1.165, 1.54) is 25.9 Å². The van der Waals surface area contributed by atoms with Crippen LogP contribution in [0.15, 0.2) is 0 Å². The smallest absolute Gasteiger partial charge is 0.290 e. The predicted octanol–water partition coefficient (Wildman–Crippen LogP) is 0.575. The highest BCUT2D eigenvalue weighted by atomic mass is 16.2. The molecule has 2 N–H and O–H groups in total. The Morgan fingerprint density at radius 2 is 2.22 bits per heavy atom. The van der Waals surface area contributed by atoms with Crippen LogP contribution in [0.25, 0.3) is 0 Å². The molecule has 0 spiro atoms. The Labute approximate surface area is 107 Å². The highest BCUT2D eigenvalue weighted by Crippen LogP contribution is 2.18. The monoisotopic (exact) mass is 251 g/mol. The highest BCUT2D eigenvalue weighted by molar-refractivity contribution is 5.90. The quantitative estimate of drug-likeness (QED) is 0.820. The second-order valence-electron chi connectivity index (χ2n) is 5.04. The van der Waals surface area contributed by atoms with Gasteiger partial charge in [0.15, 0.2) is 0 Å². The molecule has 1 amide bonds. The molecule has 1 saturated heterocycles. The normalized spacial score (nSPS) is 17.9. The molecule has 2 rings (SSSR count). The molecule has 0 atom stereocenters. The number of carbonyl (C=O) groups excluding carboxylic acids is 1. The van der Waals surface area contributed by atoms with Gasteiger partial charge in [-0.05, 0) is 52.2 Å². The van der Waals surface area contributed by atoms with Gasteiger partial charge in [-0.1, -0.05) is 0 Å².